The number of rotatable bonds is 5. The van der Waals surface area contributed by atoms with E-state index in [4.69, 9.17) is 4.74 Å². The molecule has 0 radical (unpaired) electrons. The fraction of sp³-hybridized carbons (Fsp3) is 0.130. The van der Waals surface area contributed by atoms with Crippen LogP contribution in [-0.4, -0.2) is 28.8 Å². The molecule has 5 nitrogen and oxygen atoms in total. The van der Waals surface area contributed by atoms with Gasteiger partial charge in [-0.15, -0.1) is 11.3 Å². The Balaban J connectivity index is 1.87. The summed E-state index contributed by atoms with van der Waals surface area (Å²) in [5.41, 5.74) is 0.864. The van der Waals surface area contributed by atoms with Gasteiger partial charge in [0.1, 0.15) is 17.3 Å². The van der Waals surface area contributed by atoms with E-state index < -0.39 is 23.5 Å². The molecule has 1 amide bonds. The normalized spacial score (nSPS) is 18.1. The van der Waals surface area contributed by atoms with Gasteiger partial charge in [-0.2, -0.15) is 0 Å². The van der Waals surface area contributed by atoms with Crippen molar-refractivity contribution in [2.45, 2.75) is 12.6 Å². The van der Waals surface area contributed by atoms with Gasteiger partial charge in [-0.3, -0.25) is 9.59 Å². The maximum atomic E-state index is 13.3. The number of nitrogens with zero attached hydrogens (tertiary/aromatic N) is 1. The molecule has 4 rings (SSSR count). The van der Waals surface area contributed by atoms with E-state index >= 15 is 0 Å². The third-order valence-corrected chi connectivity index (χ3v) is 5.83. The molecule has 1 atom stereocenters. The molecule has 0 saturated carbocycles. The van der Waals surface area contributed by atoms with Crippen molar-refractivity contribution in [3.05, 3.63) is 93.4 Å². The number of carbonyl (C=O) groups is 2. The lowest BCUT2D eigenvalue weighted by Crippen LogP contribution is -2.28. The third-order valence-electron chi connectivity index (χ3n) is 4.97. The zero-order valence-corrected chi connectivity index (χ0v) is 16.9. The number of thiophene rings is 1. The van der Waals surface area contributed by atoms with Crippen molar-refractivity contribution in [3.8, 4) is 5.75 Å². The number of benzene rings is 2. The maximum Gasteiger partial charge on any atom is 0.295 e. The van der Waals surface area contributed by atoms with E-state index in [1.807, 2.05) is 17.5 Å². The smallest absolute Gasteiger partial charge is 0.295 e. The Labute approximate surface area is 176 Å². The van der Waals surface area contributed by atoms with Gasteiger partial charge in [-0.1, -0.05) is 18.2 Å². The van der Waals surface area contributed by atoms with Crippen LogP contribution in [0.1, 0.15) is 22.0 Å². The Morgan fingerprint density at radius 3 is 2.57 bits per heavy atom. The van der Waals surface area contributed by atoms with Gasteiger partial charge in [0, 0.05) is 10.4 Å². The summed E-state index contributed by atoms with van der Waals surface area (Å²) in [7, 11) is 1.53. The summed E-state index contributed by atoms with van der Waals surface area (Å²) < 4.78 is 18.6. The highest BCUT2D eigenvalue weighted by atomic mass is 32.1. The number of methoxy groups -OCH3 is 1. The van der Waals surface area contributed by atoms with Gasteiger partial charge in [0.15, 0.2) is 0 Å². The Kier molecular flexibility index (Phi) is 5.37. The lowest BCUT2D eigenvalue weighted by atomic mass is 9.95. The molecule has 152 valence electrons. The van der Waals surface area contributed by atoms with Crippen molar-refractivity contribution in [2.24, 2.45) is 0 Å². The SMILES string of the molecule is COc1cccc(C2/C(=C(/O)c3ccc(F)cc3)C(=O)C(=O)N2Cc2cccs2)c1. The monoisotopic (exact) mass is 423 g/mol. The molecule has 30 heavy (non-hydrogen) atoms. The molecule has 2 aromatic carbocycles. The number of ether oxygens (including phenoxy) is 1. The summed E-state index contributed by atoms with van der Waals surface area (Å²) in [6.45, 7) is 0.227. The van der Waals surface area contributed by atoms with Gasteiger partial charge in [0.2, 0.25) is 0 Å². The topological polar surface area (TPSA) is 66.8 Å². The van der Waals surface area contributed by atoms with Crippen molar-refractivity contribution in [1.29, 1.82) is 0 Å². The van der Waals surface area contributed by atoms with Crippen LogP contribution < -0.4 is 4.74 Å². The van der Waals surface area contributed by atoms with E-state index in [9.17, 15) is 19.1 Å². The van der Waals surface area contributed by atoms with Crippen LogP contribution in [0.4, 0.5) is 4.39 Å². The number of amides is 1. The predicted molar refractivity (Wildman–Crippen MR) is 112 cm³/mol. The minimum absolute atomic E-state index is 0.0311. The minimum atomic E-state index is -0.799. The molecule has 3 aromatic rings. The Bertz CT molecular complexity index is 1120. The van der Waals surface area contributed by atoms with Gasteiger partial charge < -0.3 is 14.7 Å². The first-order chi connectivity index (χ1) is 14.5. The standard InChI is InChI=1S/C23H18FNO4S/c1-29-17-5-2-4-15(12-17)20-19(21(26)14-7-9-16(24)10-8-14)22(27)23(28)25(20)13-18-6-3-11-30-18/h2-12,20,26H,13H2,1H3/b21-19-. The molecule has 1 saturated heterocycles. The Morgan fingerprint density at radius 2 is 1.90 bits per heavy atom. The molecule has 0 spiro atoms. The number of ketones is 1. The van der Waals surface area contributed by atoms with E-state index in [0.29, 0.717) is 11.3 Å². The van der Waals surface area contributed by atoms with Crippen LogP contribution in [0.25, 0.3) is 5.76 Å². The van der Waals surface area contributed by atoms with E-state index in [2.05, 4.69) is 0 Å². The fourth-order valence-corrected chi connectivity index (χ4v) is 4.24. The van der Waals surface area contributed by atoms with E-state index in [0.717, 1.165) is 4.88 Å². The Morgan fingerprint density at radius 1 is 1.13 bits per heavy atom. The summed E-state index contributed by atoms with van der Waals surface area (Å²) in [6.07, 6.45) is 0. The second kappa shape index (κ2) is 8.12. The number of hydrogen-bond donors (Lipinski definition) is 1. The third kappa shape index (κ3) is 3.59. The van der Waals surface area contributed by atoms with E-state index in [-0.39, 0.29) is 23.4 Å². The van der Waals surface area contributed by atoms with Gasteiger partial charge in [0.25, 0.3) is 11.7 Å². The molecular formula is C23H18FNO4S. The van der Waals surface area contributed by atoms with Crippen LogP contribution in [0.15, 0.2) is 71.6 Å². The van der Waals surface area contributed by atoms with Crippen LogP contribution in [0.5, 0.6) is 5.75 Å². The van der Waals surface area contributed by atoms with Crippen molar-refractivity contribution in [1.82, 2.24) is 4.90 Å². The number of halogens is 1. The minimum Gasteiger partial charge on any atom is -0.507 e. The average molecular weight is 423 g/mol. The van der Waals surface area contributed by atoms with Crippen LogP contribution in [0, 0.1) is 5.82 Å². The highest BCUT2D eigenvalue weighted by Crippen LogP contribution is 2.41. The first-order valence-electron chi connectivity index (χ1n) is 9.20. The maximum absolute atomic E-state index is 13.3. The van der Waals surface area contributed by atoms with Crippen LogP contribution in [-0.2, 0) is 16.1 Å². The first kappa shape index (κ1) is 19.8. The van der Waals surface area contributed by atoms with Crippen molar-refractivity contribution in [2.75, 3.05) is 7.11 Å². The molecule has 1 unspecified atom stereocenters. The fourth-order valence-electron chi connectivity index (χ4n) is 3.53. The molecule has 1 fully saturated rings. The summed E-state index contributed by atoms with van der Waals surface area (Å²) in [5.74, 6) is -1.71. The average Bonchev–Trinajstić information content (AvgIpc) is 3.36. The molecule has 1 aromatic heterocycles. The van der Waals surface area contributed by atoms with Gasteiger partial charge in [-0.25, -0.2) is 4.39 Å². The van der Waals surface area contributed by atoms with Crippen LogP contribution in [0.2, 0.25) is 0 Å². The zero-order valence-electron chi connectivity index (χ0n) is 16.0. The number of aliphatic hydroxyl groups excluding tert-OH is 1. The number of aliphatic hydroxyl groups is 1. The van der Waals surface area contributed by atoms with Crippen LogP contribution in [0.3, 0.4) is 0 Å². The summed E-state index contributed by atoms with van der Waals surface area (Å²) in [5, 5.41) is 12.8. The van der Waals surface area contributed by atoms with Crippen LogP contribution >= 0.6 is 11.3 Å². The molecule has 7 heteroatoms. The van der Waals surface area contributed by atoms with Gasteiger partial charge >= 0.3 is 0 Å². The number of likely N-dealkylation sites (tertiary alicyclic amines) is 1. The van der Waals surface area contributed by atoms with E-state index in [1.54, 1.807) is 24.3 Å². The molecule has 0 bridgehead atoms. The molecule has 2 heterocycles. The highest BCUT2D eigenvalue weighted by Gasteiger charge is 2.46. The van der Waals surface area contributed by atoms with Crippen molar-refractivity contribution >= 4 is 28.8 Å². The molecule has 0 aliphatic carbocycles. The molecular weight excluding hydrogens is 405 g/mol. The number of hydrogen-bond acceptors (Lipinski definition) is 5. The first-order valence-corrected chi connectivity index (χ1v) is 10.1. The van der Waals surface area contributed by atoms with Gasteiger partial charge in [-0.05, 0) is 53.4 Å². The lowest BCUT2D eigenvalue weighted by Gasteiger charge is -2.25. The van der Waals surface area contributed by atoms with Gasteiger partial charge in [0.05, 0.1) is 25.3 Å². The molecule has 1 N–H and O–H groups in total. The summed E-state index contributed by atoms with van der Waals surface area (Å²) >= 11 is 1.48. The zero-order chi connectivity index (χ0) is 21.3. The summed E-state index contributed by atoms with van der Waals surface area (Å²) in [6, 6.07) is 15.1. The highest BCUT2D eigenvalue weighted by molar-refractivity contribution is 7.09. The Hall–Kier alpha value is -3.45. The predicted octanol–water partition coefficient (Wildman–Crippen LogP) is 4.52. The second-order valence-electron chi connectivity index (χ2n) is 6.79. The summed E-state index contributed by atoms with van der Waals surface area (Å²) in [4.78, 5) is 28.2. The molecule has 1 aliphatic heterocycles. The number of carbonyl (C=O) groups excluding carboxylic acids is 2. The quantitative estimate of drug-likeness (QED) is 0.372. The number of Topliss-reactive ketones (excluding diaryl/α,β-unsaturated/α-hetero) is 1. The molecule has 1 aliphatic rings. The van der Waals surface area contributed by atoms with E-state index in [1.165, 1.54) is 47.6 Å². The second-order valence-corrected chi connectivity index (χ2v) is 7.82. The largest absolute Gasteiger partial charge is 0.507 e. The lowest BCUT2D eigenvalue weighted by molar-refractivity contribution is -0.140. The van der Waals surface area contributed by atoms with Crippen molar-refractivity contribution in [3.63, 3.8) is 0 Å². The van der Waals surface area contributed by atoms with Crippen molar-refractivity contribution < 1.29 is 23.8 Å².